The standard InChI is InChI=1S/C9H11F/c1-2-3-4-5-6-7-8-9-10/h2-8H,1,9H2/b4-3+,6-5+,8-7+. The summed E-state index contributed by atoms with van der Waals surface area (Å²) in [6.45, 7) is 3.09. The van der Waals surface area contributed by atoms with Crippen LogP contribution in [0.25, 0.3) is 0 Å². The smallest absolute Gasteiger partial charge is 0.108 e. The fourth-order valence-corrected chi connectivity index (χ4v) is 0.401. The van der Waals surface area contributed by atoms with E-state index in [1.54, 1.807) is 24.3 Å². The summed E-state index contributed by atoms with van der Waals surface area (Å²) in [7, 11) is 0. The van der Waals surface area contributed by atoms with Crippen molar-refractivity contribution in [2.45, 2.75) is 0 Å². The van der Waals surface area contributed by atoms with Crippen LogP contribution in [0.4, 0.5) is 4.39 Å². The summed E-state index contributed by atoms with van der Waals surface area (Å²) < 4.78 is 11.4. The van der Waals surface area contributed by atoms with Crippen molar-refractivity contribution in [2.75, 3.05) is 6.67 Å². The van der Waals surface area contributed by atoms with Crippen molar-refractivity contribution in [3.05, 3.63) is 49.1 Å². The van der Waals surface area contributed by atoms with Crippen LogP contribution in [0.2, 0.25) is 0 Å². The second-order valence-corrected chi connectivity index (χ2v) is 1.59. The van der Waals surface area contributed by atoms with Crippen LogP contribution in [-0.4, -0.2) is 6.67 Å². The van der Waals surface area contributed by atoms with Gasteiger partial charge in [-0.3, -0.25) is 0 Å². The molecule has 0 amide bonds. The topological polar surface area (TPSA) is 0 Å². The van der Waals surface area contributed by atoms with Crippen molar-refractivity contribution < 1.29 is 4.39 Å². The van der Waals surface area contributed by atoms with Crippen LogP contribution in [-0.2, 0) is 0 Å². The van der Waals surface area contributed by atoms with E-state index in [2.05, 4.69) is 6.58 Å². The van der Waals surface area contributed by atoms with Crippen LogP contribution in [0.5, 0.6) is 0 Å². The fraction of sp³-hybridized carbons (Fsp3) is 0.111. The molecule has 0 radical (unpaired) electrons. The molecule has 0 aromatic carbocycles. The lowest BCUT2D eigenvalue weighted by Crippen LogP contribution is -1.57. The molecule has 0 heterocycles. The van der Waals surface area contributed by atoms with Gasteiger partial charge in [0, 0.05) is 0 Å². The van der Waals surface area contributed by atoms with Crippen LogP contribution >= 0.6 is 0 Å². The Kier molecular flexibility index (Phi) is 7.01. The average molecular weight is 138 g/mol. The van der Waals surface area contributed by atoms with E-state index in [0.29, 0.717) is 0 Å². The van der Waals surface area contributed by atoms with E-state index in [-0.39, 0.29) is 0 Å². The van der Waals surface area contributed by atoms with Gasteiger partial charge >= 0.3 is 0 Å². The minimum Gasteiger partial charge on any atom is -0.247 e. The molecule has 1 heteroatoms. The van der Waals surface area contributed by atoms with Gasteiger partial charge in [-0.2, -0.15) is 0 Å². The zero-order valence-corrected chi connectivity index (χ0v) is 5.83. The molecule has 0 aliphatic rings. The third kappa shape index (κ3) is 6.89. The second-order valence-electron chi connectivity index (χ2n) is 1.59. The van der Waals surface area contributed by atoms with E-state index in [9.17, 15) is 4.39 Å². The first-order valence-corrected chi connectivity index (χ1v) is 3.08. The minimum atomic E-state index is -0.407. The highest BCUT2D eigenvalue weighted by atomic mass is 19.1. The lowest BCUT2D eigenvalue weighted by Gasteiger charge is -1.72. The number of rotatable bonds is 4. The number of halogens is 1. The zero-order valence-electron chi connectivity index (χ0n) is 5.83. The summed E-state index contributed by atoms with van der Waals surface area (Å²) in [5, 5.41) is 0. The Morgan fingerprint density at radius 2 is 1.60 bits per heavy atom. The molecule has 0 N–H and O–H groups in total. The van der Waals surface area contributed by atoms with Gasteiger partial charge in [0.2, 0.25) is 0 Å². The largest absolute Gasteiger partial charge is 0.247 e. The van der Waals surface area contributed by atoms with Gasteiger partial charge in [0.25, 0.3) is 0 Å². The molecule has 0 saturated heterocycles. The van der Waals surface area contributed by atoms with Crippen LogP contribution in [0.1, 0.15) is 0 Å². The van der Waals surface area contributed by atoms with Gasteiger partial charge < -0.3 is 0 Å². The molecule has 0 unspecified atom stereocenters. The van der Waals surface area contributed by atoms with Crippen LogP contribution in [0.15, 0.2) is 49.1 Å². The Morgan fingerprint density at radius 3 is 2.20 bits per heavy atom. The maximum absolute atomic E-state index is 11.4. The van der Waals surface area contributed by atoms with Crippen LogP contribution in [0, 0.1) is 0 Å². The molecule has 0 aliphatic heterocycles. The lowest BCUT2D eigenvalue weighted by molar-refractivity contribution is 0.562. The molecule has 0 bridgehead atoms. The fourth-order valence-electron chi connectivity index (χ4n) is 0.401. The molecular weight excluding hydrogens is 127 g/mol. The van der Waals surface area contributed by atoms with Crippen LogP contribution in [0.3, 0.4) is 0 Å². The van der Waals surface area contributed by atoms with Gasteiger partial charge in [-0.25, -0.2) is 4.39 Å². The normalized spacial score (nSPS) is 12.1. The van der Waals surface area contributed by atoms with E-state index < -0.39 is 6.67 Å². The number of alkyl halides is 1. The number of allylic oxidation sites excluding steroid dienone is 7. The molecule has 0 atom stereocenters. The minimum absolute atomic E-state index is 0.407. The predicted molar refractivity (Wildman–Crippen MR) is 43.6 cm³/mol. The third-order valence-corrected chi connectivity index (χ3v) is 0.806. The predicted octanol–water partition coefficient (Wildman–Crippen LogP) is 2.81. The monoisotopic (exact) mass is 138 g/mol. The molecule has 0 spiro atoms. The maximum atomic E-state index is 11.4. The SMILES string of the molecule is C=C/C=C/C=C/C=C/CF. The van der Waals surface area contributed by atoms with Gasteiger partial charge in [-0.05, 0) is 0 Å². The summed E-state index contributed by atoms with van der Waals surface area (Å²) in [5.41, 5.74) is 0. The Bertz CT molecular complexity index is 152. The zero-order chi connectivity index (χ0) is 7.66. The van der Waals surface area contributed by atoms with Gasteiger partial charge in [-0.1, -0.05) is 49.1 Å². The third-order valence-electron chi connectivity index (χ3n) is 0.806. The summed E-state index contributed by atoms with van der Waals surface area (Å²) in [4.78, 5) is 0. The van der Waals surface area contributed by atoms with Crippen LogP contribution < -0.4 is 0 Å². The Morgan fingerprint density at radius 1 is 1.00 bits per heavy atom. The van der Waals surface area contributed by atoms with Crippen molar-refractivity contribution in [1.29, 1.82) is 0 Å². The molecule has 0 nitrogen and oxygen atoms in total. The summed E-state index contributed by atoms with van der Waals surface area (Å²) >= 11 is 0. The van der Waals surface area contributed by atoms with E-state index >= 15 is 0 Å². The Labute approximate surface area is 61.1 Å². The van der Waals surface area contributed by atoms with E-state index in [4.69, 9.17) is 0 Å². The molecule has 0 aromatic heterocycles. The molecule has 0 aliphatic carbocycles. The van der Waals surface area contributed by atoms with E-state index in [1.807, 2.05) is 12.2 Å². The molecule has 54 valence electrons. The summed E-state index contributed by atoms with van der Waals surface area (Å²) in [6.07, 6.45) is 12.0. The highest BCUT2D eigenvalue weighted by molar-refractivity contribution is 5.14. The van der Waals surface area contributed by atoms with Crippen molar-refractivity contribution in [1.82, 2.24) is 0 Å². The number of hydrogen-bond acceptors (Lipinski definition) is 0. The summed E-state index contributed by atoms with van der Waals surface area (Å²) in [5.74, 6) is 0. The Hall–Kier alpha value is -1.11. The lowest BCUT2D eigenvalue weighted by atomic mass is 10.4. The van der Waals surface area contributed by atoms with Crippen molar-refractivity contribution in [3.63, 3.8) is 0 Å². The second kappa shape index (κ2) is 7.89. The number of hydrogen-bond donors (Lipinski definition) is 0. The molecule has 0 fully saturated rings. The molecular formula is C9H11F. The highest BCUT2D eigenvalue weighted by Crippen LogP contribution is 1.80. The molecule has 0 rings (SSSR count). The van der Waals surface area contributed by atoms with E-state index in [0.717, 1.165) is 0 Å². The average Bonchev–Trinajstić information content (AvgIpc) is 1.97. The van der Waals surface area contributed by atoms with Gasteiger partial charge in [0.15, 0.2) is 0 Å². The first-order chi connectivity index (χ1) is 4.91. The quantitative estimate of drug-likeness (QED) is 0.524. The van der Waals surface area contributed by atoms with Crippen molar-refractivity contribution >= 4 is 0 Å². The Balaban J connectivity index is 3.46. The van der Waals surface area contributed by atoms with Crippen molar-refractivity contribution in [3.8, 4) is 0 Å². The van der Waals surface area contributed by atoms with Gasteiger partial charge in [0.1, 0.15) is 6.67 Å². The first-order valence-electron chi connectivity index (χ1n) is 3.08. The van der Waals surface area contributed by atoms with Crippen molar-refractivity contribution in [2.24, 2.45) is 0 Å². The van der Waals surface area contributed by atoms with Gasteiger partial charge in [-0.15, -0.1) is 0 Å². The molecule has 0 saturated carbocycles. The molecule has 0 aromatic rings. The maximum Gasteiger partial charge on any atom is 0.108 e. The highest BCUT2D eigenvalue weighted by Gasteiger charge is 1.63. The first kappa shape index (κ1) is 8.89. The molecule has 10 heavy (non-hydrogen) atoms. The summed E-state index contributed by atoms with van der Waals surface area (Å²) in [6, 6.07) is 0. The van der Waals surface area contributed by atoms with E-state index in [1.165, 1.54) is 6.08 Å². The van der Waals surface area contributed by atoms with Gasteiger partial charge in [0.05, 0.1) is 0 Å².